The van der Waals surface area contributed by atoms with E-state index in [0.717, 1.165) is 30.6 Å². The van der Waals surface area contributed by atoms with Crippen LogP contribution in [-0.2, 0) is 6.54 Å². The molecule has 1 aliphatic heterocycles. The minimum atomic E-state index is -0.461. The first kappa shape index (κ1) is 16.1. The zero-order chi connectivity index (χ0) is 17.2. The first-order valence-electron chi connectivity index (χ1n) is 8.74. The second-order valence-corrected chi connectivity index (χ2v) is 6.67. The summed E-state index contributed by atoms with van der Waals surface area (Å²) < 4.78 is 1.43. The third-order valence-corrected chi connectivity index (χ3v) is 4.98. The maximum Gasteiger partial charge on any atom is 0.272 e. The first-order chi connectivity index (χ1) is 12.2. The van der Waals surface area contributed by atoms with Crippen LogP contribution in [0.25, 0.3) is 5.65 Å². The Morgan fingerprint density at radius 1 is 1.28 bits per heavy atom. The van der Waals surface area contributed by atoms with Crippen molar-refractivity contribution in [2.24, 2.45) is 0 Å². The van der Waals surface area contributed by atoms with Gasteiger partial charge >= 0.3 is 0 Å². The Hall–Kier alpha value is -2.44. The highest BCUT2D eigenvalue weighted by Crippen LogP contribution is 2.28. The van der Waals surface area contributed by atoms with E-state index in [1.807, 2.05) is 30.3 Å². The van der Waals surface area contributed by atoms with E-state index in [0.29, 0.717) is 24.7 Å². The molecule has 25 heavy (non-hydrogen) atoms. The van der Waals surface area contributed by atoms with E-state index >= 15 is 0 Å². The molecule has 1 aromatic carbocycles. The molecule has 3 aromatic rings. The lowest BCUT2D eigenvalue weighted by atomic mass is 10.0. The SMILES string of the molecule is O=c1cc(CN2CCC[C@H]2C[C@@H](O)c2ccccc2)nc2cc[nH]n12. The summed E-state index contributed by atoms with van der Waals surface area (Å²) in [6.45, 7) is 1.61. The topological polar surface area (TPSA) is 73.6 Å². The van der Waals surface area contributed by atoms with Crippen LogP contribution in [0.15, 0.2) is 53.5 Å². The predicted molar refractivity (Wildman–Crippen MR) is 95.3 cm³/mol. The molecule has 6 nitrogen and oxygen atoms in total. The number of fused-ring (bicyclic) bond motifs is 1. The van der Waals surface area contributed by atoms with Gasteiger partial charge in [-0.3, -0.25) is 14.8 Å². The molecule has 1 fully saturated rings. The van der Waals surface area contributed by atoms with E-state index in [9.17, 15) is 9.90 Å². The van der Waals surface area contributed by atoms with Crippen molar-refractivity contribution in [2.45, 2.75) is 38.0 Å². The maximum absolute atomic E-state index is 12.1. The maximum atomic E-state index is 12.1. The van der Waals surface area contributed by atoms with Crippen molar-refractivity contribution in [3.63, 3.8) is 0 Å². The van der Waals surface area contributed by atoms with Crippen LogP contribution in [-0.4, -0.2) is 37.2 Å². The lowest BCUT2D eigenvalue weighted by Gasteiger charge is -2.26. The van der Waals surface area contributed by atoms with Crippen LogP contribution in [0.4, 0.5) is 0 Å². The highest BCUT2D eigenvalue weighted by Gasteiger charge is 2.27. The summed E-state index contributed by atoms with van der Waals surface area (Å²) >= 11 is 0. The Morgan fingerprint density at radius 3 is 2.96 bits per heavy atom. The molecule has 0 saturated carbocycles. The molecule has 3 heterocycles. The highest BCUT2D eigenvalue weighted by molar-refractivity contribution is 5.36. The summed E-state index contributed by atoms with van der Waals surface area (Å²) in [5.41, 5.74) is 2.29. The van der Waals surface area contributed by atoms with Gasteiger partial charge in [0.05, 0.1) is 11.8 Å². The van der Waals surface area contributed by atoms with Gasteiger partial charge in [-0.25, -0.2) is 9.50 Å². The van der Waals surface area contributed by atoms with Crippen molar-refractivity contribution >= 4 is 5.65 Å². The summed E-state index contributed by atoms with van der Waals surface area (Å²) in [6, 6.07) is 13.5. The fourth-order valence-corrected chi connectivity index (χ4v) is 3.71. The van der Waals surface area contributed by atoms with Crippen molar-refractivity contribution in [1.29, 1.82) is 0 Å². The summed E-state index contributed by atoms with van der Waals surface area (Å²) in [7, 11) is 0. The zero-order valence-corrected chi connectivity index (χ0v) is 14.0. The quantitative estimate of drug-likeness (QED) is 0.747. The van der Waals surface area contributed by atoms with Gasteiger partial charge in [-0.15, -0.1) is 0 Å². The van der Waals surface area contributed by atoms with Crippen molar-refractivity contribution in [3.05, 3.63) is 70.3 Å². The summed E-state index contributed by atoms with van der Waals surface area (Å²) in [6.07, 6.45) is 4.13. The molecule has 0 spiro atoms. The summed E-state index contributed by atoms with van der Waals surface area (Å²) in [5.74, 6) is 0. The molecule has 4 rings (SSSR count). The van der Waals surface area contributed by atoms with Gasteiger partial charge in [0.15, 0.2) is 5.65 Å². The molecule has 0 aliphatic carbocycles. The Labute approximate surface area is 145 Å². The first-order valence-corrected chi connectivity index (χ1v) is 8.74. The number of hydrogen-bond acceptors (Lipinski definition) is 4. The molecule has 6 heteroatoms. The molecule has 2 N–H and O–H groups in total. The standard InChI is InChI=1S/C19H22N4O2/c24-17(14-5-2-1-3-6-14)12-16-7-4-10-22(16)13-15-11-19(25)23-18(21-15)8-9-20-23/h1-3,5-6,8-9,11,16-17,20,24H,4,7,10,12-13H2/t16-,17+/m0/s1. The monoisotopic (exact) mass is 338 g/mol. The third-order valence-electron chi connectivity index (χ3n) is 4.98. The number of rotatable bonds is 5. The molecular weight excluding hydrogens is 316 g/mol. The van der Waals surface area contributed by atoms with Crippen LogP contribution in [0.3, 0.4) is 0 Å². The van der Waals surface area contributed by atoms with Crippen molar-refractivity contribution < 1.29 is 5.11 Å². The van der Waals surface area contributed by atoms with Crippen LogP contribution in [0.1, 0.15) is 36.6 Å². The molecule has 130 valence electrons. The summed E-state index contributed by atoms with van der Waals surface area (Å²) in [4.78, 5) is 19.0. The van der Waals surface area contributed by atoms with Gasteiger partial charge in [-0.2, -0.15) is 0 Å². The number of hydrogen-bond donors (Lipinski definition) is 2. The number of likely N-dealkylation sites (tertiary alicyclic amines) is 1. The predicted octanol–water partition coefficient (Wildman–Crippen LogP) is 2.11. The van der Waals surface area contributed by atoms with Gasteiger partial charge in [-0.1, -0.05) is 30.3 Å². The second kappa shape index (κ2) is 6.82. The largest absolute Gasteiger partial charge is 0.388 e. The minimum absolute atomic E-state index is 0.0925. The number of aromatic nitrogens is 3. The fraction of sp³-hybridized carbons (Fsp3) is 0.368. The number of nitrogens with zero attached hydrogens (tertiary/aromatic N) is 3. The molecule has 0 radical (unpaired) electrons. The number of aromatic amines is 1. The van der Waals surface area contributed by atoms with Crippen LogP contribution in [0.2, 0.25) is 0 Å². The number of benzene rings is 1. The van der Waals surface area contributed by atoms with Crippen molar-refractivity contribution in [1.82, 2.24) is 19.5 Å². The summed E-state index contributed by atoms with van der Waals surface area (Å²) in [5, 5.41) is 13.4. The van der Waals surface area contributed by atoms with Crippen molar-refractivity contribution in [2.75, 3.05) is 6.54 Å². The van der Waals surface area contributed by atoms with Gasteiger partial charge in [0, 0.05) is 30.9 Å². The van der Waals surface area contributed by atoms with Crippen LogP contribution in [0.5, 0.6) is 0 Å². The zero-order valence-electron chi connectivity index (χ0n) is 14.0. The molecule has 2 aromatic heterocycles. The van der Waals surface area contributed by atoms with Gasteiger partial charge in [-0.05, 0) is 31.4 Å². The average Bonchev–Trinajstić information content (AvgIpc) is 3.26. The van der Waals surface area contributed by atoms with E-state index in [4.69, 9.17) is 0 Å². The van der Waals surface area contributed by atoms with Gasteiger partial charge in [0.2, 0.25) is 0 Å². The van der Waals surface area contributed by atoms with Gasteiger partial charge in [0.1, 0.15) is 0 Å². The fourth-order valence-electron chi connectivity index (χ4n) is 3.71. The highest BCUT2D eigenvalue weighted by atomic mass is 16.3. The van der Waals surface area contributed by atoms with Crippen molar-refractivity contribution in [3.8, 4) is 0 Å². The van der Waals surface area contributed by atoms with Crippen LogP contribution in [0, 0.1) is 0 Å². The van der Waals surface area contributed by atoms with E-state index in [-0.39, 0.29) is 5.56 Å². The van der Waals surface area contributed by atoms with E-state index in [1.54, 1.807) is 18.3 Å². The number of nitrogens with one attached hydrogen (secondary N) is 1. The molecule has 2 atom stereocenters. The van der Waals surface area contributed by atoms with Gasteiger partial charge in [0.25, 0.3) is 5.56 Å². The van der Waals surface area contributed by atoms with E-state index in [1.165, 1.54) is 4.52 Å². The molecule has 1 saturated heterocycles. The third kappa shape index (κ3) is 3.36. The molecule has 0 unspecified atom stereocenters. The van der Waals surface area contributed by atoms with Gasteiger partial charge < -0.3 is 5.11 Å². The number of aliphatic hydroxyl groups excluding tert-OH is 1. The lowest BCUT2D eigenvalue weighted by Crippen LogP contribution is -2.31. The Balaban J connectivity index is 1.48. The smallest absolute Gasteiger partial charge is 0.272 e. The Bertz CT molecular complexity index is 902. The average molecular weight is 338 g/mol. The lowest BCUT2D eigenvalue weighted by molar-refractivity contribution is 0.117. The number of aliphatic hydroxyl groups is 1. The Morgan fingerprint density at radius 2 is 2.12 bits per heavy atom. The van der Waals surface area contributed by atoms with Crippen LogP contribution < -0.4 is 5.56 Å². The van der Waals surface area contributed by atoms with E-state index < -0.39 is 6.10 Å². The van der Waals surface area contributed by atoms with Crippen LogP contribution >= 0.6 is 0 Å². The number of H-pyrrole nitrogens is 1. The molecule has 0 bridgehead atoms. The van der Waals surface area contributed by atoms with E-state index in [2.05, 4.69) is 15.0 Å². The normalized spacial score (nSPS) is 19.5. The Kier molecular flexibility index (Phi) is 4.38. The molecule has 0 amide bonds. The second-order valence-electron chi connectivity index (χ2n) is 6.67. The molecule has 1 aliphatic rings. The minimum Gasteiger partial charge on any atom is -0.388 e. The molecular formula is C19H22N4O2.